The maximum atomic E-state index is 12.7. The minimum atomic E-state index is -0.0678. The maximum absolute atomic E-state index is 12.7. The van der Waals surface area contributed by atoms with Crippen LogP contribution in [0.25, 0.3) is 10.9 Å². The Morgan fingerprint density at radius 3 is 2.54 bits per heavy atom. The second-order valence-electron chi connectivity index (χ2n) is 6.58. The molecule has 134 valence electrons. The Morgan fingerprint density at radius 1 is 1.08 bits per heavy atom. The minimum Gasteiger partial charge on any atom is -0.497 e. The van der Waals surface area contributed by atoms with E-state index in [1.54, 1.807) is 38.5 Å². The zero-order valence-electron chi connectivity index (χ0n) is 15.0. The number of methoxy groups -OCH3 is 2. The number of benzene rings is 2. The SMILES string of the molecule is COc1ccc(C(=O)N[C@H]2CCCc3c2[nH]c2ccc(OC)cc32)cc1. The Bertz CT molecular complexity index is 944. The van der Waals surface area contributed by atoms with Crippen LogP contribution in [0.2, 0.25) is 0 Å². The molecule has 0 bridgehead atoms. The second kappa shape index (κ2) is 6.75. The van der Waals surface area contributed by atoms with Crippen LogP contribution in [0.5, 0.6) is 11.5 Å². The first-order chi connectivity index (χ1) is 12.7. The van der Waals surface area contributed by atoms with Gasteiger partial charge in [-0.05, 0) is 67.3 Å². The molecule has 0 spiro atoms. The standard InChI is InChI=1S/C21H22N2O3/c1-25-14-8-6-13(7-9-14)21(24)23-19-5-3-4-16-17-12-15(26-2)10-11-18(17)22-20(16)19/h6-12,19,22H,3-5H2,1-2H3,(H,23,24)/t19-/m0/s1. The van der Waals surface area contributed by atoms with Gasteiger partial charge in [0.15, 0.2) is 0 Å². The highest BCUT2D eigenvalue weighted by molar-refractivity contribution is 5.95. The first-order valence-corrected chi connectivity index (χ1v) is 8.83. The molecule has 0 aliphatic heterocycles. The molecule has 4 rings (SSSR count). The third-order valence-electron chi connectivity index (χ3n) is 5.07. The fourth-order valence-corrected chi connectivity index (χ4v) is 3.70. The van der Waals surface area contributed by atoms with E-state index < -0.39 is 0 Å². The number of fused-ring (bicyclic) bond motifs is 3. The Balaban J connectivity index is 1.62. The molecule has 1 aliphatic rings. The zero-order valence-corrected chi connectivity index (χ0v) is 15.0. The summed E-state index contributed by atoms with van der Waals surface area (Å²) in [5.41, 5.74) is 4.11. The molecule has 5 nitrogen and oxygen atoms in total. The van der Waals surface area contributed by atoms with Crippen molar-refractivity contribution >= 4 is 16.8 Å². The number of aromatic amines is 1. The number of H-pyrrole nitrogens is 1. The Kier molecular flexibility index (Phi) is 4.29. The van der Waals surface area contributed by atoms with Gasteiger partial charge in [-0.3, -0.25) is 4.79 Å². The largest absolute Gasteiger partial charge is 0.497 e. The number of hydrogen-bond acceptors (Lipinski definition) is 3. The van der Waals surface area contributed by atoms with Crippen molar-refractivity contribution in [2.24, 2.45) is 0 Å². The molecule has 1 heterocycles. The molecule has 1 amide bonds. The van der Waals surface area contributed by atoms with Crippen molar-refractivity contribution in [2.75, 3.05) is 14.2 Å². The Hall–Kier alpha value is -2.95. The van der Waals surface area contributed by atoms with E-state index in [0.29, 0.717) is 5.56 Å². The second-order valence-corrected chi connectivity index (χ2v) is 6.58. The monoisotopic (exact) mass is 350 g/mol. The molecule has 0 saturated carbocycles. The summed E-state index contributed by atoms with van der Waals surface area (Å²) < 4.78 is 10.5. The van der Waals surface area contributed by atoms with Crippen LogP contribution in [0, 0.1) is 0 Å². The lowest BCUT2D eigenvalue weighted by Crippen LogP contribution is -2.31. The molecule has 1 atom stereocenters. The average Bonchev–Trinajstić information content (AvgIpc) is 3.07. The van der Waals surface area contributed by atoms with E-state index in [0.717, 1.165) is 42.0 Å². The van der Waals surface area contributed by atoms with E-state index >= 15 is 0 Å². The van der Waals surface area contributed by atoms with Gasteiger partial charge in [0.1, 0.15) is 11.5 Å². The van der Waals surface area contributed by atoms with Crippen molar-refractivity contribution in [3.05, 3.63) is 59.3 Å². The van der Waals surface area contributed by atoms with Gasteiger partial charge in [-0.2, -0.15) is 0 Å². The molecule has 1 aromatic heterocycles. The van der Waals surface area contributed by atoms with Gasteiger partial charge in [-0.15, -0.1) is 0 Å². The molecule has 0 saturated heterocycles. The number of carbonyl (C=O) groups is 1. The molecule has 1 aliphatic carbocycles. The number of nitrogens with one attached hydrogen (secondary N) is 2. The number of carbonyl (C=O) groups excluding carboxylic acids is 1. The van der Waals surface area contributed by atoms with Crippen molar-refractivity contribution < 1.29 is 14.3 Å². The molecule has 2 aromatic carbocycles. The predicted molar refractivity (Wildman–Crippen MR) is 101 cm³/mol. The number of ether oxygens (including phenoxy) is 2. The van der Waals surface area contributed by atoms with Gasteiger partial charge in [-0.1, -0.05) is 0 Å². The number of aromatic nitrogens is 1. The van der Waals surface area contributed by atoms with E-state index in [9.17, 15) is 4.79 Å². The van der Waals surface area contributed by atoms with Gasteiger partial charge in [-0.25, -0.2) is 0 Å². The number of rotatable bonds is 4. The molecule has 3 aromatic rings. The van der Waals surface area contributed by atoms with Gasteiger partial charge in [0.25, 0.3) is 5.91 Å². The number of amides is 1. The fourth-order valence-electron chi connectivity index (χ4n) is 3.70. The molecular formula is C21H22N2O3. The van der Waals surface area contributed by atoms with Crippen molar-refractivity contribution in [1.29, 1.82) is 0 Å². The van der Waals surface area contributed by atoms with Crippen molar-refractivity contribution in [1.82, 2.24) is 10.3 Å². The fraction of sp³-hybridized carbons (Fsp3) is 0.286. The van der Waals surface area contributed by atoms with Crippen LogP contribution in [0.4, 0.5) is 0 Å². The zero-order chi connectivity index (χ0) is 18.1. The maximum Gasteiger partial charge on any atom is 0.251 e. The highest BCUT2D eigenvalue weighted by Crippen LogP contribution is 2.36. The summed E-state index contributed by atoms with van der Waals surface area (Å²) in [5.74, 6) is 1.52. The van der Waals surface area contributed by atoms with E-state index in [4.69, 9.17) is 9.47 Å². The topological polar surface area (TPSA) is 63.3 Å². The summed E-state index contributed by atoms with van der Waals surface area (Å²) in [6, 6.07) is 13.2. The number of aryl methyl sites for hydroxylation is 1. The molecule has 0 radical (unpaired) electrons. The molecule has 0 unspecified atom stereocenters. The highest BCUT2D eigenvalue weighted by atomic mass is 16.5. The smallest absolute Gasteiger partial charge is 0.251 e. The number of hydrogen-bond donors (Lipinski definition) is 2. The van der Waals surface area contributed by atoms with Crippen LogP contribution in [-0.2, 0) is 6.42 Å². The minimum absolute atomic E-state index is 0.00764. The molecule has 0 fully saturated rings. The summed E-state index contributed by atoms with van der Waals surface area (Å²) in [6.45, 7) is 0. The Morgan fingerprint density at radius 2 is 1.81 bits per heavy atom. The Labute approximate surface area is 152 Å². The summed E-state index contributed by atoms with van der Waals surface area (Å²) in [5, 5.41) is 4.36. The van der Waals surface area contributed by atoms with Crippen molar-refractivity contribution in [3.63, 3.8) is 0 Å². The van der Waals surface area contributed by atoms with Crippen molar-refractivity contribution in [2.45, 2.75) is 25.3 Å². The predicted octanol–water partition coefficient (Wildman–Crippen LogP) is 3.99. The van der Waals surface area contributed by atoms with Gasteiger partial charge in [0.05, 0.1) is 20.3 Å². The summed E-state index contributed by atoms with van der Waals surface area (Å²) in [7, 11) is 3.29. The van der Waals surface area contributed by atoms with Crippen LogP contribution >= 0.6 is 0 Å². The normalized spacial score (nSPS) is 16.2. The first kappa shape index (κ1) is 16.5. The van der Waals surface area contributed by atoms with E-state index in [-0.39, 0.29) is 11.9 Å². The van der Waals surface area contributed by atoms with Crippen LogP contribution in [0.1, 0.15) is 40.5 Å². The van der Waals surface area contributed by atoms with Crippen LogP contribution in [-0.4, -0.2) is 25.1 Å². The van der Waals surface area contributed by atoms with Crippen LogP contribution in [0.3, 0.4) is 0 Å². The van der Waals surface area contributed by atoms with Crippen molar-refractivity contribution in [3.8, 4) is 11.5 Å². The van der Waals surface area contributed by atoms with Gasteiger partial charge in [0.2, 0.25) is 0 Å². The first-order valence-electron chi connectivity index (χ1n) is 8.83. The van der Waals surface area contributed by atoms with E-state index in [1.807, 2.05) is 12.1 Å². The molecule has 2 N–H and O–H groups in total. The average molecular weight is 350 g/mol. The summed E-state index contributed by atoms with van der Waals surface area (Å²) >= 11 is 0. The van der Waals surface area contributed by atoms with E-state index in [2.05, 4.69) is 16.4 Å². The third kappa shape index (κ3) is 2.90. The van der Waals surface area contributed by atoms with Crippen LogP contribution < -0.4 is 14.8 Å². The highest BCUT2D eigenvalue weighted by Gasteiger charge is 2.26. The van der Waals surface area contributed by atoms with Gasteiger partial charge >= 0.3 is 0 Å². The van der Waals surface area contributed by atoms with Gasteiger partial charge < -0.3 is 19.8 Å². The molecule has 26 heavy (non-hydrogen) atoms. The van der Waals surface area contributed by atoms with E-state index in [1.165, 1.54) is 10.9 Å². The molecule has 5 heteroatoms. The summed E-state index contributed by atoms with van der Waals surface area (Å²) in [4.78, 5) is 16.2. The van der Waals surface area contributed by atoms with Crippen LogP contribution in [0.15, 0.2) is 42.5 Å². The third-order valence-corrected chi connectivity index (χ3v) is 5.07. The van der Waals surface area contributed by atoms with Gasteiger partial charge in [0, 0.05) is 22.2 Å². The lowest BCUT2D eigenvalue weighted by atomic mass is 9.91. The lowest BCUT2D eigenvalue weighted by molar-refractivity contribution is 0.0932. The lowest BCUT2D eigenvalue weighted by Gasteiger charge is -2.24. The molecular weight excluding hydrogens is 328 g/mol. The summed E-state index contributed by atoms with van der Waals surface area (Å²) in [6.07, 6.45) is 2.99. The quantitative estimate of drug-likeness (QED) is 0.748.